The molecule has 134 valence electrons. The van der Waals surface area contributed by atoms with Gasteiger partial charge in [0, 0.05) is 12.1 Å². The van der Waals surface area contributed by atoms with Gasteiger partial charge in [0.05, 0.1) is 15.5 Å². The third kappa shape index (κ3) is 5.19. The number of amides is 1. The fourth-order valence-electron chi connectivity index (χ4n) is 2.91. The van der Waals surface area contributed by atoms with Gasteiger partial charge in [0.1, 0.15) is 0 Å². The summed E-state index contributed by atoms with van der Waals surface area (Å²) in [4.78, 5) is 12.6. The summed E-state index contributed by atoms with van der Waals surface area (Å²) in [6.45, 7) is 3.49. The van der Waals surface area contributed by atoms with Crippen LogP contribution in [-0.2, 0) is 10.0 Å². The van der Waals surface area contributed by atoms with E-state index < -0.39 is 10.0 Å². The highest BCUT2D eigenvalue weighted by Gasteiger charge is 2.21. The first kappa shape index (κ1) is 19.2. The molecule has 24 heavy (non-hydrogen) atoms. The van der Waals surface area contributed by atoms with Crippen LogP contribution in [0.15, 0.2) is 23.1 Å². The van der Waals surface area contributed by atoms with Gasteiger partial charge in [-0.3, -0.25) is 4.79 Å². The Labute approximate surface area is 149 Å². The van der Waals surface area contributed by atoms with Crippen molar-refractivity contribution in [3.05, 3.63) is 28.8 Å². The summed E-state index contributed by atoms with van der Waals surface area (Å²) in [6.07, 6.45) is 6.51. The molecule has 1 saturated carbocycles. The monoisotopic (exact) mass is 372 g/mol. The highest BCUT2D eigenvalue weighted by Crippen LogP contribution is 2.22. The molecule has 1 amide bonds. The van der Waals surface area contributed by atoms with Crippen molar-refractivity contribution in [1.29, 1.82) is 0 Å². The van der Waals surface area contributed by atoms with E-state index in [1.807, 2.05) is 0 Å². The zero-order chi connectivity index (χ0) is 17.7. The van der Waals surface area contributed by atoms with Crippen LogP contribution >= 0.6 is 11.6 Å². The Balaban J connectivity index is 2.20. The Morgan fingerprint density at radius 2 is 1.79 bits per heavy atom. The normalized spacial score (nSPS) is 16.8. The van der Waals surface area contributed by atoms with Crippen molar-refractivity contribution in [3.8, 4) is 0 Å². The fourth-order valence-corrected chi connectivity index (χ4v) is 4.39. The molecule has 7 heteroatoms. The highest BCUT2D eigenvalue weighted by molar-refractivity contribution is 7.89. The van der Waals surface area contributed by atoms with Crippen molar-refractivity contribution in [2.75, 3.05) is 0 Å². The molecule has 0 atom stereocenters. The van der Waals surface area contributed by atoms with Crippen LogP contribution in [0.2, 0.25) is 5.02 Å². The summed E-state index contributed by atoms with van der Waals surface area (Å²) in [5, 5.41) is 3.25. The number of sulfonamides is 1. The molecule has 0 unspecified atom stereocenters. The standard InChI is InChI=1S/C17H25ClN2O3S/c1-12(2)20-24(22,23)14-9-10-16(18)15(11-14)17(21)19-13-7-5-3-4-6-8-13/h9-13,20H,3-8H2,1-2H3,(H,19,21). The summed E-state index contributed by atoms with van der Waals surface area (Å²) in [6, 6.07) is 4.12. The SMILES string of the molecule is CC(C)NS(=O)(=O)c1ccc(Cl)c(C(=O)NC2CCCCCC2)c1. The first-order valence-electron chi connectivity index (χ1n) is 8.42. The lowest BCUT2D eigenvalue weighted by atomic mass is 10.1. The van der Waals surface area contributed by atoms with Gasteiger partial charge in [0.25, 0.3) is 5.91 Å². The molecular formula is C17H25ClN2O3S. The Morgan fingerprint density at radius 3 is 2.38 bits per heavy atom. The number of hydrogen-bond donors (Lipinski definition) is 2. The van der Waals surface area contributed by atoms with Gasteiger partial charge < -0.3 is 5.32 Å². The molecule has 1 aliphatic carbocycles. The lowest BCUT2D eigenvalue weighted by molar-refractivity contribution is 0.0933. The van der Waals surface area contributed by atoms with Crippen LogP contribution in [0.5, 0.6) is 0 Å². The maximum absolute atomic E-state index is 12.5. The van der Waals surface area contributed by atoms with Crippen LogP contribution in [0.3, 0.4) is 0 Å². The minimum Gasteiger partial charge on any atom is -0.349 e. The van der Waals surface area contributed by atoms with E-state index in [9.17, 15) is 13.2 Å². The number of benzene rings is 1. The van der Waals surface area contributed by atoms with E-state index in [1.165, 1.54) is 31.0 Å². The maximum atomic E-state index is 12.5. The molecule has 0 radical (unpaired) electrons. The molecule has 0 aromatic heterocycles. The van der Waals surface area contributed by atoms with Crippen LogP contribution in [-0.4, -0.2) is 26.4 Å². The van der Waals surface area contributed by atoms with Gasteiger partial charge in [0.2, 0.25) is 10.0 Å². The van der Waals surface area contributed by atoms with Crippen LogP contribution in [0.4, 0.5) is 0 Å². The van der Waals surface area contributed by atoms with Crippen LogP contribution in [0.1, 0.15) is 62.7 Å². The number of nitrogens with one attached hydrogen (secondary N) is 2. The predicted octanol–water partition coefficient (Wildman–Crippen LogP) is 3.48. The van der Waals surface area contributed by atoms with Gasteiger partial charge >= 0.3 is 0 Å². The molecule has 2 N–H and O–H groups in total. The maximum Gasteiger partial charge on any atom is 0.253 e. The number of rotatable bonds is 5. The molecular weight excluding hydrogens is 348 g/mol. The zero-order valence-corrected chi connectivity index (χ0v) is 15.7. The molecule has 0 spiro atoms. The summed E-state index contributed by atoms with van der Waals surface area (Å²) >= 11 is 6.12. The van der Waals surface area contributed by atoms with Crippen molar-refractivity contribution in [3.63, 3.8) is 0 Å². The third-order valence-corrected chi connectivity index (χ3v) is 6.06. The van der Waals surface area contributed by atoms with Gasteiger partial charge in [-0.2, -0.15) is 0 Å². The second-order valence-electron chi connectivity index (χ2n) is 6.58. The second-order valence-corrected chi connectivity index (χ2v) is 8.70. The molecule has 1 aromatic rings. The van der Waals surface area contributed by atoms with E-state index in [0.29, 0.717) is 0 Å². The van der Waals surface area contributed by atoms with E-state index in [0.717, 1.165) is 25.7 Å². The number of carbonyl (C=O) groups excluding carboxylic acids is 1. The van der Waals surface area contributed by atoms with Gasteiger partial charge in [-0.15, -0.1) is 0 Å². The largest absolute Gasteiger partial charge is 0.349 e. The molecule has 0 aliphatic heterocycles. The van der Waals surface area contributed by atoms with Crippen LogP contribution in [0, 0.1) is 0 Å². The third-order valence-electron chi connectivity index (χ3n) is 4.07. The van der Waals surface area contributed by atoms with Crippen LogP contribution < -0.4 is 10.0 Å². The average Bonchev–Trinajstić information content (AvgIpc) is 2.74. The first-order valence-corrected chi connectivity index (χ1v) is 10.3. The quantitative estimate of drug-likeness (QED) is 0.777. The Morgan fingerprint density at radius 1 is 1.17 bits per heavy atom. The summed E-state index contributed by atoms with van der Waals surface area (Å²) in [5.41, 5.74) is 0.201. The van der Waals surface area contributed by atoms with Gasteiger partial charge in [-0.05, 0) is 44.9 Å². The van der Waals surface area contributed by atoms with E-state index in [4.69, 9.17) is 11.6 Å². The summed E-state index contributed by atoms with van der Waals surface area (Å²) < 4.78 is 27.1. The van der Waals surface area contributed by atoms with Crippen molar-refractivity contribution < 1.29 is 13.2 Å². The Kier molecular flexibility index (Phi) is 6.66. The number of halogens is 1. The zero-order valence-electron chi connectivity index (χ0n) is 14.1. The molecule has 5 nitrogen and oxygen atoms in total. The van der Waals surface area contributed by atoms with E-state index in [-0.39, 0.29) is 33.5 Å². The first-order chi connectivity index (χ1) is 11.3. The van der Waals surface area contributed by atoms with Crippen LogP contribution in [0.25, 0.3) is 0 Å². The average molecular weight is 373 g/mol. The molecule has 0 heterocycles. The Bertz CT molecular complexity index is 681. The molecule has 1 aromatic carbocycles. The van der Waals surface area contributed by atoms with Gasteiger partial charge in [-0.25, -0.2) is 13.1 Å². The van der Waals surface area contributed by atoms with E-state index in [1.54, 1.807) is 13.8 Å². The highest BCUT2D eigenvalue weighted by atomic mass is 35.5. The number of carbonyl (C=O) groups is 1. The van der Waals surface area contributed by atoms with Gasteiger partial charge in [0.15, 0.2) is 0 Å². The Hall–Kier alpha value is -1.11. The molecule has 0 saturated heterocycles. The fraction of sp³-hybridized carbons (Fsp3) is 0.588. The predicted molar refractivity (Wildman–Crippen MR) is 95.9 cm³/mol. The van der Waals surface area contributed by atoms with E-state index >= 15 is 0 Å². The molecule has 0 bridgehead atoms. The molecule has 1 fully saturated rings. The summed E-state index contributed by atoms with van der Waals surface area (Å²) in [7, 11) is -3.66. The number of hydrogen-bond acceptors (Lipinski definition) is 3. The minimum absolute atomic E-state index is 0.0478. The van der Waals surface area contributed by atoms with Crippen molar-refractivity contribution in [2.45, 2.75) is 69.4 Å². The van der Waals surface area contributed by atoms with E-state index in [2.05, 4.69) is 10.0 Å². The summed E-state index contributed by atoms with van der Waals surface area (Å²) in [5.74, 6) is -0.312. The molecule has 1 aliphatic rings. The van der Waals surface area contributed by atoms with Crippen molar-refractivity contribution in [1.82, 2.24) is 10.0 Å². The molecule has 2 rings (SSSR count). The smallest absolute Gasteiger partial charge is 0.253 e. The van der Waals surface area contributed by atoms with Crippen molar-refractivity contribution >= 4 is 27.5 Å². The lowest BCUT2D eigenvalue weighted by Gasteiger charge is -2.17. The second kappa shape index (κ2) is 8.32. The lowest BCUT2D eigenvalue weighted by Crippen LogP contribution is -2.35. The van der Waals surface area contributed by atoms with Gasteiger partial charge in [-0.1, -0.05) is 37.3 Å². The van der Waals surface area contributed by atoms with Crippen molar-refractivity contribution in [2.24, 2.45) is 0 Å². The minimum atomic E-state index is -3.66. The topological polar surface area (TPSA) is 75.3 Å².